The zero-order chi connectivity index (χ0) is 8.27. The summed E-state index contributed by atoms with van der Waals surface area (Å²) in [5, 5.41) is 0. The maximum Gasteiger partial charge on any atom is 0.125 e. The molecule has 60 valence electrons. The van der Waals surface area contributed by atoms with Crippen LogP contribution in [0.3, 0.4) is 0 Å². The smallest absolute Gasteiger partial charge is 0.125 e. The third-order valence-electron chi connectivity index (χ3n) is 1.61. The van der Waals surface area contributed by atoms with Gasteiger partial charge in [-0.15, -0.1) is 11.6 Å². The van der Waals surface area contributed by atoms with Crippen LogP contribution < -0.4 is 4.74 Å². The Morgan fingerprint density at radius 2 is 2.36 bits per heavy atom. The molecule has 0 unspecified atom stereocenters. The minimum absolute atomic E-state index is 0.434. The first-order valence-corrected chi connectivity index (χ1v) is 3.87. The van der Waals surface area contributed by atoms with E-state index in [0.29, 0.717) is 5.88 Å². The molecule has 0 aliphatic rings. The molecule has 3 heteroatoms. The van der Waals surface area contributed by atoms with Crippen molar-refractivity contribution in [2.24, 2.45) is 0 Å². The fraction of sp³-hybridized carbons (Fsp3) is 0.375. The van der Waals surface area contributed by atoms with Crippen LogP contribution in [0.5, 0.6) is 5.75 Å². The van der Waals surface area contributed by atoms with Crippen LogP contribution in [-0.2, 0) is 5.88 Å². The number of ether oxygens (including phenoxy) is 1. The van der Waals surface area contributed by atoms with Gasteiger partial charge in [-0.3, -0.25) is 4.98 Å². The molecule has 0 aliphatic carbocycles. The predicted octanol–water partition coefficient (Wildman–Crippen LogP) is 2.14. The van der Waals surface area contributed by atoms with Gasteiger partial charge in [-0.1, -0.05) is 0 Å². The molecule has 0 spiro atoms. The quantitative estimate of drug-likeness (QED) is 0.637. The molecule has 2 nitrogen and oxygen atoms in total. The molecule has 1 rings (SSSR count). The van der Waals surface area contributed by atoms with Crippen LogP contribution in [0, 0.1) is 6.92 Å². The van der Waals surface area contributed by atoms with E-state index in [1.54, 1.807) is 13.3 Å². The minimum atomic E-state index is 0.434. The van der Waals surface area contributed by atoms with Gasteiger partial charge >= 0.3 is 0 Å². The first-order valence-electron chi connectivity index (χ1n) is 3.34. The molecule has 0 bridgehead atoms. The second-order valence-corrected chi connectivity index (χ2v) is 2.49. The van der Waals surface area contributed by atoms with Gasteiger partial charge in [-0.05, 0) is 13.0 Å². The second-order valence-electron chi connectivity index (χ2n) is 2.22. The molecule has 0 atom stereocenters. The van der Waals surface area contributed by atoms with Crippen molar-refractivity contribution in [3.8, 4) is 5.75 Å². The number of nitrogens with zero attached hydrogens (tertiary/aromatic N) is 1. The summed E-state index contributed by atoms with van der Waals surface area (Å²) in [7, 11) is 1.64. The van der Waals surface area contributed by atoms with Crippen LogP contribution in [0.15, 0.2) is 12.3 Å². The van der Waals surface area contributed by atoms with E-state index in [0.717, 1.165) is 17.0 Å². The first-order chi connectivity index (χ1) is 5.29. The molecule has 0 radical (unpaired) electrons. The fourth-order valence-electron chi connectivity index (χ4n) is 0.915. The number of pyridine rings is 1. The number of methoxy groups -OCH3 is 1. The summed E-state index contributed by atoms with van der Waals surface area (Å²) >= 11 is 5.64. The molecule has 1 heterocycles. The van der Waals surface area contributed by atoms with Crippen molar-refractivity contribution in [3.63, 3.8) is 0 Å². The Kier molecular flexibility index (Phi) is 2.71. The van der Waals surface area contributed by atoms with Gasteiger partial charge in [-0.25, -0.2) is 0 Å². The largest absolute Gasteiger partial charge is 0.496 e. The van der Waals surface area contributed by atoms with E-state index in [2.05, 4.69) is 4.98 Å². The van der Waals surface area contributed by atoms with Gasteiger partial charge in [0, 0.05) is 11.8 Å². The lowest BCUT2D eigenvalue weighted by Crippen LogP contribution is -1.94. The van der Waals surface area contributed by atoms with Gasteiger partial charge in [0.1, 0.15) is 5.75 Å². The number of halogens is 1. The van der Waals surface area contributed by atoms with Crippen molar-refractivity contribution in [2.75, 3.05) is 7.11 Å². The molecule has 0 aromatic carbocycles. The van der Waals surface area contributed by atoms with E-state index < -0.39 is 0 Å². The minimum Gasteiger partial charge on any atom is -0.496 e. The van der Waals surface area contributed by atoms with E-state index >= 15 is 0 Å². The van der Waals surface area contributed by atoms with E-state index in [-0.39, 0.29) is 0 Å². The van der Waals surface area contributed by atoms with Crippen LogP contribution in [0.25, 0.3) is 0 Å². The summed E-state index contributed by atoms with van der Waals surface area (Å²) in [4.78, 5) is 4.09. The Labute approximate surface area is 71.2 Å². The van der Waals surface area contributed by atoms with Gasteiger partial charge < -0.3 is 4.74 Å². The highest BCUT2D eigenvalue weighted by Crippen LogP contribution is 2.19. The average molecular weight is 172 g/mol. The van der Waals surface area contributed by atoms with Gasteiger partial charge in [0.05, 0.1) is 18.7 Å². The topological polar surface area (TPSA) is 22.1 Å². The lowest BCUT2D eigenvalue weighted by atomic mass is 10.2. The van der Waals surface area contributed by atoms with Crippen LogP contribution in [0.1, 0.15) is 11.3 Å². The summed E-state index contributed by atoms with van der Waals surface area (Å²) in [6.07, 6.45) is 1.70. The van der Waals surface area contributed by atoms with Crippen LogP contribution in [-0.4, -0.2) is 12.1 Å². The normalized spacial score (nSPS) is 9.73. The zero-order valence-corrected chi connectivity index (χ0v) is 7.35. The van der Waals surface area contributed by atoms with Crippen molar-refractivity contribution >= 4 is 11.6 Å². The monoisotopic (exact) mass is 171 g/mol. The van der Waals surface area contributed by atoms with E-state index in [1.807, 2.05) is 13.0 Å². The third kappa shape index (κ3) is 1.63. The lowest BCUT2D eigenvalue weighted by Gasteiger charge is -2.05. The van der Waals surface area contributed by atoms with Crippen molar-refractivity contribution in [2.45, 2.75) is 12.8 Å². The van der Waals surface area contributed by atoms with Crippen LogP contribution in [0.2, 0.25) is 0 Å². The molecule has 1 aromatic rings. The summed E-state index contributed by atoms with van der Waals surface area (Å²) in [6, 6.07) is 1.82. The SMILES string of the molecule is COc1ccnc(CCl)c1C. The summed E-state index contributed by atoms with van der Waals surface area (Å²) in [5.41, 5.74) is 1.90. The van der Waals surface area contributed by atoms with E-state index in [4.69, 9.17) is 16.3 Å². The number of hydrogen-bond donors (Lipinski definition) is 0. The van der Waals surface area contributed by atoms with Crippen LogP contribution in [0.4, 0.5) is 0 Å². The molecule has 0 saturated heterocycles. The number of alkyl halides is 1. The van der Waals surface area contributed by atoms with Gasteiger partial charge in [-0.2, -0.15) is 0 Å². The Balaban J connectivity index is 3.10. The third-order valence-corrected chi connectivity index (χ3v) is 1.86. The Morgan fingerprint density at radius 3 is 2.91 bits per heavy atom. The highest BCUT2D eigenvalue weighted by atomic mass is 35.5. The maximum atomic E-state index is 5.64. The van der Waals surface area contributed by atoms with Crippen LogP contribution >= 0.6 is 11.6 Å². The zero-order valence-electron chi connectivity index (χ0n) is 6.60. The van der Waals surface area contributed by atoms with Crippen molar-refractivity contribution in [1.29, 1.82) is 0 Å². The summed E-state index contributed by atoms with van der Waals surface area (Å²) in [6.45, 7) is 1.95. The summed E-state index contributed by atoms with van der Waals surface area (Å²) < 4.78 is 5.09. The van der Waals surface area contributed by atoms with Crippen molar-refractivity contribution < 1.29 is 4.74 Å². The van der Waals surface area contributed by atoms with Crippen molar-refractivity contribution in [1.82, 2.24) is 4.98 Å². The molecule has 1 aromatic heterocycles. The van der Waals surface area contributed by atoms with Crippen molar-refractivity contribution in [3.05, 3.63) is 23.5 Å². The lowest BCUT2D eigenvalue weighted by molar-refractivity contribution is 0.410. The molecule has 11 heavy (non-hydrogen) atoms. The highest BCUT2D eigenvalue weighted by Gasteiger charge is 2.02. The molecule has 0 aliphatic heterocycles. The molecule has 0 amide bonds. The van der Waals surface area contributed by atoms with E-state index in [9.17, 15) is 0 Å². The number of aromatic nitrogens is 1. The first kappa shape index (κ1) is 8.34. The van der Waals surface area contributed by atoms with Gasteiger partial charge in [0.2, 0.25) is 0 Å². The summed E-state index contributed by atoms with van der Waals surface area (Å²) in [5.74, 6) is 1.28. The second kappa shape index (κ2) is 3.58. The number of hydrogen-bond acceptors (Lipinski definition) is 2. The molecule has 0 N–H and O–H groups in total. The standard InChI is InChI=1S/C8H10ClNO/c1-6-7(5-9)10-4-3-8(6)11-2/h3-4H,5H2,1-2H3. The highest BCUT2D eigenvalue weighted by molar-refractivity contribution is 6.17. The maximum absolute atomic E-state index is 5.64. The fourth-order valence-corrected chi connectivity index (χ4v) is 1.18. The Hall–Kier alpha value is -0.760. The molecular weight excluding hydrogens is 162 g/mol. The predicted molar refractivity (Wildman–Crippen MR) is 45.1 cm³/mol. The molecule has 0 fully saturated rings. The van der Waals surface area contributed by atoms with E-state index in [1.165, 1.54) is 0 Å². The average Bonchev–Trinajstić information content (AvgIpc) is 2.05. The molecular formula is C8H10ClNO. The Morgan fingerprint density at radius 1 is 1.64 bits per heavy atom. The molecule has 0 saturated carbocycles. The number of rotatable bonds is 2. The Bertz CT molecular complexity index is 228. The van der Waals surface area contributed by atoms with Gasteiger partial charge in [0.25, 0.3) is 0 Å². The van der Waals surface area contributed by atoms with Gasteiger partial charge in [0.15, 0.2) is 0 Å².